The van der Waals surface area contributed by atoms with E-state index in [9.17, 15) is 4.79 Å². The Hall–Kier alpha value is -0.410. The molecule has 100 valence electrons. The summed E-state index contributed by atoms with van der Waals surface area (Å²) in [7, 11) is 0. The van der Waals surface area contributed by atoms with Gasteiger partial charge in [-0.15, -0.1) is 0 Å². The maximum Gasteiger partial charge on any atom is 0.166 e. The largest absolute Gasteiger partial charge is 0.375 e. The maximum absolute atomic E-state index is 11.2. The molecule has 1 aliphatic carbocycles. The molecule has 17 heavy (non-hydrogen) atoms. The lowest BCUT2D eigenvalue weighted by Crippen LogP contribution is -2.50. The molecule has 3 nitrogen and oxygen atoms in total. The minimum absolute atomic E-state index is 0.0260. The van der Waals surface area contributed by atoms with Crippen LogP contribution in [0.5, 0.6) is 0 Å². The summed E-state index contributed by atoms with van der Waals surface area (Å²) in [6, 6.07) is 0. The third-order valence-electron chi connectivity index (χ3n) is 3.23. The van der Waals surface area contributed by atoms with E-state index in [4.69, 9.17) is 9.47 Å². The van der Waals surface area contributed by atoms with E-state index in [1.165, 1.54) is 32.1 Å². The molecule has 1 rings (SSSR count). The van der Waals surface area contributed by atoms with Crippen LogP contribution < -0.4 is 0 Å². The zero-order chi connectivity index (χ0) is 12.5. The molecule has 3 heteroatoms. The molecule has 1 fully saturated rings. The molecule has 0 aromatic heterocycles. The van der Waals surface area contributed by atoms with Crippen molar-refractivity contribution < 1.29 is 14.3 Å². The predicted molar refractivity (Wildman–Crippen MR) is 68.2 cm³/mol. The van der Waals surface area contributed by atoms with Gasteiger partial charge >= 0.3 is 0 Å². The number of ether oxygens (including phenoxy) is 2. The smallest absolute Gasteiger partial charge is 0.166 e. The Bertz CT molecular complexity index is 216. The van der Waals surface area contributed by atoms with E-state index < -0.39 is 0 Å². The molecule has 1 aliphatic rings. The van der Waals surface area contributed by atoms with Crippen LogP contribution in [0.15, 0.2) is 0 Å². The number of rotatable bonds is 10. The molecule has 0 N–H and O–H groups in total. The van der Waals surface area contributed by atoms with Crippen molar-refractivity contribution in [1.29, 1.82) is 0 Å². The van der Waals surface area contributed by atoms with E-state index in [1.807, 2.05) is 6.92 Å². The second-order valence-corrected chi connectivity index (χ2v) is 4.72. The van der Waals surface area contributed by atoms with Gasteiger partial charge in [0.25, 0.3) is 0 Å². The van der Waals surface area contributed by atoms with E-state index in [-0.39, 0.29) is 18.0 Å². The van der Waals surface area contributed by atoms with Crippen molar-refractivity contribution >= 4 is 5.78 Å². The number of Topliss-reactive ketones (excluding diaryl/α,β-unsaturated/α-hetero) is 1. The van der Waals surface area contributed by atoms with Crippen LogP contribution in [0.2, 0.25) is 0 Å². The van der Waals surface area contributed by atoms with Crippen LogP contribution in [-0.2, 0) is 14.3 Å². The third-order valence-corrected chi connectivity index (χ3v) is 3.23. The highest BCUT2D eigenvalue weighted by atomic mass is 16.5. The summed E-state index contributed by atoms with van der Waals surface area (Å²) in [5.41, 5.74) is 0. The Labute approximate surface area is 105 Å². The molecule has 0 radical (unpaired) electrons. The number of hydrogen-bond donors (Lipinski definition) is 0. The molecule has 0 amide bonds. The predicted octanol–water partition coefficient (Wildman–Crippen LogP) is 3.11. The molecule has 0 aliphatic heterocycles. The lowest BCUT2D eigenvalue weighted by atomic mass is 9.90. The topological polar surface area (TPSA) is 35.5 Å². The summed E-state index contributed by atoms with van der Waals surface area (Å²) in [6.45, 7) is 5.50. The summed E-state index contributed by atoms with van der Waals surface area (Å²) in [4.78, 5) is 11.2. The van der Waals surface area contributed by atoms with E-state index in [1.54, 1.807) is 0 Å². The number of unbranched alkanes of at least 4 members (excludes halogenated alkanes) is 5. The summed E-state index contributed by atoms with van der Waals surface area (Å²) >= 11 is 0. The van der Waals surface area contributed by atoms with Crippen LogP contribution in [0.4, 0.5) is 0 Å². The first-order valence-electron chi connectivity index (χ1n) is 7.05. The molecular formula is C14H26O3. The normalized spacial score (nSPS) is 23.8. The van der Waals surface area contributed by atoms with Crippen molar-refractivity contribution in [3.63, 3.8) is 0 Å². The Morgan fingerprint density at radius 2 is 1.76 bits per heavy atom. The molecular weight excluding hydrogens is 216 g/mol. The summed E-state index contributed by atoms with van der Waals surface area (Å²) in [5.74, 6) is 0.194. The SMILES string of the molecule is CCCCCCCCOC1CC(=O)C1OCC. The van der Waals surface area contributed by atoms with Crippen LogP contribution in [0.1, 0.15) is 58.8 Å². The summed E-state index contributed by atoms with van der Waals surface area (Å²) in [6.07, 6.45) is 7.89. The van der Waals surface area contributed by atoms with Crippen molar-refractivity contribution in [2.45, 2.75) is 71.0 Å². The van der Waals surface area contributed by atoms with Gasteiger partial charge in [-0.3, -0.25) is 4.79 Å². The molecule has 0 aromatic carbocycles. The molecule has 2 atom stereocenters. The maximum atomic E-state index is 11.2. The molecule has 0 aromatic rings. The molecule has 1 saturated carbocycles. The Morgan fingerprint density at radius 3 is 2.41 bits per heavy atom. The van der Waals surface area contributed by atoms with Gasteiger partial charge in [-0.1, -0.05) is 39.0 Å². The van der Waals surface area contributed by atoms with Gasteiger partial charge in [0, 0.05) is 19.6 Å². The van der Waals surface area contributed by atoms with Gasteiger partial charge < -0.3 is 9.47 Å². The van der Waals surface area contributed by atoms with Gasteiger partial charge in [0.05, 0.1) is 6.10 Å². The van der Waals surface area contributed by atoms with E-state index in [2.05, 4.69) is 6.92 Å². The summed E-state index contributed by atoms with van der Waals surface area (Å²) in [5, 5.41) is 0. The van der Waals surface area contributed by atoms with Crippen molar-refractivity contribution in [3.8, 4) is 0 Å². The highest BCUT2D eigenvalue weighted by Crippen LogP contribution is 2.23. The van der Waals surface area contributed by atoms with Crippen LogP contribution in [0.25, 0.3) is 0 Å². The van der Waals surface area contributed by atoms with Gasteiger partial charge in [-0.05, 0) is 13.3 Å². The van der Waals surface area contributed by atoms with E-state index in [0.717, 1.165) is 13.0 Å². The number of carbonyl (C=O) groups is 1. The third kappa shape index (κ3) is 5.17. The summed E-state index contributed by atoms with van der Waals surface area (Å²) < 4.78 is 11.0. The van der Waals surface area contributed by atoms with Gasteiger partial charge in [-0.25, -0.2) is 0 Å². The molecule has 0 saturated heterocycles. The first-order valence-corrected chi connectivity index (χ1v) is 7.05. The monoisotopic (exact) mass is 242 g/mol. The minimum atomic E-state index is -0.278. The van der Waals surface area contributed by atoms with Crippen molar-refractivity contribution in [2.24, 2.45) is 0 Å². The second-order valence-electron chi connectivity index (χ2n) is 4.72. The van der Waals surface area contributed by atoms with Crippen LogP contribution in [0.3, 0.4) is 0 Å². The van der Waals surface area contributed by atoms with Crippen LogP contribution in [0, 0.1) is 0 Å². The molecule has 0 heterocycles. The van der Waals surface area contributed by atoms with Gasteiger partial charge in [0.2, 0.25) is 0 Å². The second kappa shape index (κ2) is 8.65. The average molecular weight is 242 g/mol. The number of ketones is 1. The highest BCUT2D eigenvalue weighted by molar-refractivity contribution is 5.90. The van der Waals surface area contributed by atoms with Gasteiger partial charge in [0.15, 0.2) is 5.78 Å². The van der Waals surface area contributed by atoms with Crippen molar-refractivity contribution in [2.75, 3.05) is 13.2 Å². The first-order chi connectivity index (χ1) is 8.29. The number of hydrogen-bond acceptors (Lipinski definition) is 3. The van der Waals surface area contributed by atoms with Crippen molar-refractivity contribution in [1.82, 2.24) is 0 Å². The molecule has 0 spiro atoms. The standard InChI is InChI=1S/C14H26O3/c1-3-5-6-7-8-9-10-17-13-11-12(15)14(13)16-4-2/h13-14H,3-11H2,1-2H3. The Balaban J connectivity index is 1.94. The fraction of sp³-hybridized carbons (Fsp3) is 0.929. The average Bonchev–Trinajstić information content (AvgIpc) is 2.33. The van der Waals surface area contributed by atoms with Crippen LogP contribution >= 0.6 is 0 Å². The fourth-order valence-corrected chi connectivity index (χ4v) is 2.11. The lowest BCUT2D eigenvalue weighted by Gasteiger charge is -2.34. The van der Waals surface area contributed by atoms with E-state index >= 15 is 0 Å². The minimum Gasteiger partial charge on any atom is -0.375 e. The van der Waals surface area contributed by atoms with Gasteiger partial charge in [0.1, 0.15) is 6.10 Å². The van der Waals surface area contributed by atoms with Crippen molar-refractivity contribution in [3.05, 3.63) is 0 Å². The van der Waals surface area contributed by atoms with Gasteiger partial charge in [-0.2, -0.15) is 0 Å². The zero-order valence-corrected chi connectivity index (χ0v) is 11.2. The Kier molecular flexibility index (Phi) is 7.45. The zero-order valence-electron chi connectivity index (χ0n) is 11.2. The molecule has 2 unspecified atom stereocenters. The lowest BCUT2D eigenvalue weighted by molar-refractivity contribution is -0.165. The molecule has 0 bridgehead atoms. The Morgan fingerprint density at radius 1 is 1.06 bits per heavy atom. The fourth-order valence-electron chi connectivity index (χ4n) is 2.11. The quantitative estimate of drug-likeness (QED) is 0.552. The highest BCUT2D eigenvalue weighted by Gasteiger charge is 2.41. The van der Waals surface area contributed by atoms with E-state index in [0.29, 0.717) is 13.0 Å². The first kappa shape index (κ1) is 14.7. The number of carbonyl (C=O) groups excluding carboxylic acids is 1. The van der Waals surface area contributed by atoms with Crippen LogP contribution in [-0.4, -0.2) is 31.2 Å².